The smallest absolute Gasteiger partial charge is 0.180 e. The summed E-state index contributed by atoms with van der Waals surface area (Å²) in [6, 6.07) is 2.35. The fourth-order valence-corrected chi connectivity index (χ4v) is 0.599. The van der Waals surface area contributed by atoms with Gasteiger partial charge in [-0.3, -0.25) is 0 Å². The van der Waals surface area contributed by atoms with Crippen LogP contribution in [0.1, 0.15) is 0 Å². The molecule has 0 nitrogen and oxygen atoms in total. The van der Waals surface area contributed by atoms with E-state index in [0.717, 1.165) is 0 Å². The molecule has 4 heteroatoms. The molecule has 1 radical (unpaired) electrons. The third kappa shape index (κ3) is 1.09. The van der Waals surface area contributed by atoms with Gasteiger partial charge in [0.25, 0.3) is 0 Å². The Hall–Kier alpha value is -0.700. The second-order valence-electron chi connectivity index (χ2n) is 1.58. The Labute approximate surface area is 60.2 Å². The van der Waals surface area contributed by atoms with Gasteiger partial charge in [-0.2, -0.15) is 0 Å². The summed E-state index contributed by atoms with van der Waals surface area (Å²) in [5.74, 6) is -3.66. The van der Waals surface area contributed by atoms with Crippen LogP contribution in [-0.2, 0) is 0 Å². The molecule has 0 fully saturated rings. The summed E-state index contributed by atoms with van der Waals surface area (Å²) >= 11 is 4.96. The largest absolute Gasteiger partial charge is 0.205 e. The summed E-state index contributed by atoms with van der Waals surface area (Å²) in [4.78, 5) is 0. The summed E-state index contributed by atoms with van der Waals surface area (Å²) in [5, 5.41) is -0.861. The molecule has 1 aromatic carbocycles. The Kier molecular flexibility index (Phi) is 1.85. The minimum atomic E-state index is -1.38. The zero-order chi connectivity index (χ0) is 7.72. The number of hydrogen-bond donors (Lipinski definition) is 0. The first kappa shape index (κ1) is 7.41. The van der Waals surface area contributed by atoms with Crippen LogP contribution in [0, 0.1) is 23.5 Å². The van der Waals surface area contributed by atoms with Crippen molar-refractivity contribution in [1.29, 1.82) is 0 Å². The van der Waals surface area contributed by atoms with E-state index in [9.17, 15) is 13.2 Å². The van der Waals surface area contributed by atoms with Crippen molar-refractivity contribution >= 4 is 11.6 Å². The molecule has 53 valence electrons. The fourth-order valence-electron chi connectivity index (χ4n) is 0.455. The van der Waals surface area contributed by atoms with Crippen molar-refractivity contribution in [2.24, 2.45) is 0 Å². The van der Waals surface area contributed by atoms with Crippen molar-refractivity contribution in [2.75, 3.05) is 0 Å². The minimum absolute atomic E-state index is 0.552. The lowest BCUT2D eigenvalue weighted by atomic mass is 10.3. The summed E-state index contributed by atoms with van der Waals surface area (Å²) in [6.07, 6.45) is 0. The maximum atomic E-state index is 12.2. The Balaban J connectivity index is 3.34. The van der Waals surface area contributed by atoms with Gasteiger partial charge in [0.05, 0.1) is 0 Å². The van der Waals surface area contributed by atoms with Crippen LogP contribution in [-0.4, -0.2) is 0 Å². The highest BCUT2D eigenvalue weighted by Gasteiger charge is 2.10. The molecule has 0 aliphatic heterocycles. The highest BCUT2D eigenvalue weighted by Crippen LogP contribution is 2.19. The van der Waals surface area contributed by atoms with Crippen LogP contribution < -0.4 is 0 Å². The molecule has 1 aromatic rings. The highest BCUT2D eigenvalue weighted by atomic mass is 35.5. The predicted octanol–water partition coefficient (Wildman–Crippen LogP) is 2.56. The van der Waals surface area contributed by atoms with E-state index in [2.05, 4.69) is 0 Å². The molecule has 1 rings (SSSR count). The van der Waals surface area contributed by atoms with Crippen molar-refractivity contribution in [3.05, 3.63) is 34.6 Å². The van der Waals surface area contributed by atoms with Crippen LogP contribution >= 0.6 is 11.6 Å². The Bertz CT molecular complexity index is 232. The van der Waals surface area contributed by atoms with E-state index in [4.69, 9.17) is 11.6 Å². The van der Waals surface area contributed by atoms with E-state index in [1.54, 1.807) is 6.07 Å². The first-order valence-electron chi connectivity index (χ1n) is 2.33. The fraction of sp³-hybridized carbons (Fsp3) is 0. The Morgan fingerprint density at radius 3 is 2.40 bits per heavy atom. The molecule has 0 amide bonds. The molecule has 0 heterocycles. The maximum absolute atomic E-state index is 12.2. The number of hydrogen-bond acceptors (Lipinski definition) is 0. The zero-order valence-corrected chi connectivity index (χ0v) is 5.35. The second kappa shape index (κ2) is 2.50. The van der Waals surface area contributed by atoms with E-state index in [1.807, 2.05) is 0 Å². The van der Waals surface area contributed by atoms with Crippen LogP contribution in [0.25, 0.3) is 0 Å². The lowest BCUT2D eigenvalue weighted by Crippen LogP contribution is -1.88. The third-order valence-corrected chi connectivity index (χ3v) is 1.25. The Morgan fingerprint density at radius 1 is 1.30 bits per heavy atom. The van der Waals surface area contributed by atoms with Gasteiger partial charge in [-0.25, -0.2) is 13.2 Å². The van der Waals surface area contributed by atoms with Crippen molar-refractivity contribution in [1.82, 2.24) is 0 Å². The lowest BCUT2D eigenvalue weighted by Gasteiger charge is -1.94. The van der Waals surface area contributed by atoms with E-state index < -0.39 is 22.5 Å². The van der Waals surface area contributed by atoms with E-state index in [0.29, 0.717) is 6.07 Å². The molecule has 0 atom stereocenters. The van der Waals surface area contributed by atoms with Gasteiger partial charge in [-0.15, -0.1) is 0 Å². The molecule has 0 aliphatic carbocycles. The van der Waals surface area contributed by atoms with Crippen LogP contribution in [0.5, 0.6) is 0 Å². The van der Waals surface area contributed by atoms with Crippen LogP contribution in [0.15, 0.2) is 6.07 Å². The van der Waals surface area contributed by atoms with Crippen LogP contribution in [0.3, 0.4) is 0 Å². The maximum Gasteiger partial charge on any atom is 0.180 e. The van der Waals surface area contributed by atoms with Crippen LogP contribution in [0.4, 0.5) is 13.2 Å². The monoisotopic (exact) mass is 165 g/mol. The van der Waals surface area contributed by atoms with Crippen molar-refractivity contribution < 1.29 is 13.2 Å². The van der Waals surface area contributed by atoms with Gasteiger partial charge in [0, 0.05) is 6.07 Å². The quantitative estimate of drug-likeness (QED) is 0.409. The molecular weight excluding hydrogens is 165 g/mol. The predicted molar refractivity (Wildman–Crippen MR) is 30.2 cm³/mol. The van der Waals surface area contributed by atoms with Gasteiger partial charge in [-0.1, -0.05) is 11.6 Å². The summed E-state index contributed by atoms with van der Waals surface area (Å²) < 4.78 is 36.5. The molecule has 0 saturated heterocycles. The molecule has 0 spiro atoms. The number of halogens is 4. The molecule has 0 saturated carbocycles. The third-order valence-electron chi connectivity index (χ3n) is 0.921. The molecule has 0 bridgehead atoms. The van der Waals surface area contributed by atoms with Crippen LogP contribution in [0.2, 0.25) is 5.02 Å². The SMILES string of the molecule is Fc1[c]cc(F)c(F)c1Cl. The van der Waals surface area contributed by atoms with Crippen molar-refractivity contribution in [3.63, 3.8) is 0 Å². The average molecular weight is 166 g/mol. The van der Waals surface area contributed by atoms with E-state index in [1.165, 1.54) is 0 Å². The zero-order valence-electron chi connectivity index (χ0n) is 4.59. The minimum Gasteiger partial charge on any atom is -0.205 e. The first-order chi connectivity index (χ1) is 4.63. The summed E-state index contributed by atoms with van der Waals surface area (Å²) in [6.45, 7) is 0. The summed E-state index contributed by atoms with van der Waals surface area (Å²) in [5.41, 5.74) is 0. The van der Waals surface area contributed by atoms with Crippen molar-refractivity contribution in [2.45, 2.75) is 0 Å². The highest BCUT2D eigenvalue weighted by molar-refractivity contribution is 6.30. The van der Waals surface area contributed by atoms with Gasteiger partial charge in [-0.05, 0) is 6.07 Å². The molecule has 10 heavy (non-hydrogen) atoms. The molecule has 0 unspecified atom stereocenters. The lowest BCUT2D eigenvalue weighted by molar-refractivity contribution is 0.495. The molecule has 0 aromatic heterocycles. The number of benzene rings is 1. The van der Waals surface area contributed by atoms with Gasteiger partial charge >= 0.3 is 0 Å². The average Bonchev–Trinajstić information content (AvgIpc) is 1.93. The molecule has 0 N–H and O–H groups in total. The number of rotatable bonds is 0. The van der Waals surface area contributed by atoms with Gasteiger partial charge in [0.15, 0.2) is 17.5 Å². The summed E-state index contributed by atoms with van der Waals surface area (Å²) in [7, 11) is 0. The first-order valence-corrected chi connectivity index (χ1v) is 2.71. The van der Waals surface area contributed by atoms with E-state index in [-0.39, 0.29) is 0 Å². The standard InChI is InChI=1S/C6HClF3/c7-5-3(8)1-2-4(9)6(5)10/h2H. The molecule has 0 aliphatic rings. The van der Waals surface area contributed by atoms with Gasteiger partial charge in [0.1, 0.15) is 5.02 Å². The Morgan fingerprint density at radius 2 is 1.90 bits per heavy atom. The van der Waals surface area contributed by atoms with Gasteiger partial charge < -0.3 is 0 Å². The van der Waals surface area contributed by atoms with E-state index >= 15 is 0 Å². The topological polar surface area (TPSA) is 0 Å². The van der Waals surface area contributed by atoms with Crippen molar-refractivity contribution in [3.8, 4) is 0 Å². The second-order valence-corrected chi connectivity index (χ2v) is 1.96. The normalized spacial score (nSPS) is 10.0. The van der Waals surface area contributed by atoms with Gasteiger partial charge in [0.2, 0.25) is 0 Å². The molecular formula is C6HClF3.